The first kappa shape index (κ1) is 10.6. The van der Waals surface area contributed by atoms with Crippen molar-refractivity contribution in [1.82, 2.24) is 4.98 Å². The number of rotatable bonds is 3. The van der Waals surface area contributed by atoms with Gasteiger partial charge in [0, 0.05) is 5.69 Å². The summed E-state index contributed by atoms with van der Waals surface area (Å²) in [5, 5.41) is 3.22. The van der Waals surface area contributed by atoms with Crippen LogP contribution >= 0.6 is 0 Å². The van der Waals surface area contributed by atoms with Gasteiger partial charge in [-0.15, -0.1) is 6.42 Å². The Kier molecular flexibility index (Phi) is 3.53. The normalized spacial score (nSPS) is 12.2. The van der Waals surface area contributed by atoms with Crippen molar-refractivity contribution in [2.24, 2.45) is 5.92 Å². The fourth-order valence-electron chi connectivity index (χ4n) is 1.18. The maximum Gasteiger partial charge on any atom is 0.127 e. The van der Waals surface area contributed by atoms with Crippen LogP contribution in [0.1, 0.15) is 19.5 Å². The zero-order chi connectivity index (χ0) is 10.6. The van der Waals surface area contributed by atoms with E-state index in [9.17, 15) is 0 Å². The third kappa shape index (κ3) is 2.77. The third-order valence-corrected chi connectivity index (χ3v) is 2.04. The second kappa shape index (κ2) is 4.66. The number of pyridine rings is 1. The summed E-state index contributed by atoms with van der Waals surface area (Å²) >= 11 is 0. The molecule has 1 unspecified atom stereocenters. The summed E-state index contributed by atoms with van der Waals surface area (Å²) < 4.78 is 0. The molecule has 0 aliphatic carbocycles. The molecule has 1 N–H and O–H groups in total. The van der Waals surface area contributed by atoms with Crippen LogP contribution in [-0.2, 0) is 0 Å². The van der Waals surface area contributed by atoms with Crippen LogP contribution in [0.25, 0.3) is 0 Å². The zero-order valence-electron chi connectivity index (χ0n) is 8.91. The van der Waals surface area contributed by atoms with Gasteiger partial charge < -0.3 is 5.32 Å². The van der Waals surface area contributed by atoms with Gasteiger partial charge in [-0.2, -0.15) is 0 Å². The van der Waals surface area contributed by atoms with E-state index < -0.39 is 0 Å². The Labute approximate surface area is 85.8 Å². The van der Waals surface area contributed by atoms with E-state index in [-0.39, 0.29) is 6.04 Å². The van der Waals surface area contributed by atoms with Crippen LogP contribution in [-0.4, -0.2) is 11.0 Å². The van der Waals surface area contributed by atoms with E-state index >= 15 is 0 Å². The molecule has 0 radical (unpaired) electrons. The lowest BCUT2D eigenvalue weighted by Crippen LogP contribution is -2.24. The molecule has 0 saturated heterocycles. The van der Waals surface area contributed by atoms with E-state index in [1.807, 2.05) is 25.1 Å². The van der Waals surface area contributed by atoms with Gasteiger partial charge >= 0.3 is 0 Å². The maximum absolute atomic E-state index is 5.42. The first-order chi connectivity index (χ1) is 6.63. The van der Waals surface area contributed by atoms with Crippen LogP contribution in [0.3, 0.4) is 0 Å². The zero-order valence-corrected chi connectivity index (χ0v) is 8.91. The van der Waals surface area contributed by atoms with Gasteiger partial charge in [0.2, 0.25) is 0 Å². The SMILES string of the molecule is C#CC(Nc1cccc(C)n1)C(C)C. The van der Waals surface area contributed by atoms with Gasteiger partial charge in [-0.25, -0.2) is 4.98 Å². The number of hydrogen-bond acceptors (Lipinski definition) is 2. The molecule has 0 saturated carbocycles. The number of terminal acetylenes is 1. The Balaban J connectivity index is 2.73. The predicted octanol–water partition coefficient (Wildman–Crippen LogP) is 2.46. The number of hydrogen-bond donors (Lipinski definition) is 1. The molecule has 0 aromatic carbocycles. The summed E-state index contributed by atoms with van der Waals surface area (Å²) in [5.74, 6) is 3.97. The van der Waals surface area contributed by atoms with Gasteiger partial charge in [0.05, 0.1) is 6.04 Å². The lowest BCUT2D eigenvalue weighted by atomic mass is 10.1. The highest BCUT2D eigenvalue weighted by Gasteiger charge is 2.09. The molecule has 1 rings (SSSR count). The third-order valence-electron chi connectivity index (χ3n) is 2.04. The van der Waals surface area contributed by atoms with Crippen molar-refractivity contribution in [2.75, 3.05) is 5.32 Å². The summed E-state index contributed by atoms with van der Waals surface area (Å²) in [6.45, 7) is 6.14. The lowest BCUT2D eigenvalue weighted by molar-refractivity contribution is 0.612. The summed E-state index contributed by atoms with van der Waals surface area (Å²) in [4.78, 5) is 4.34. The molecule has 0 amide bonds. The van der Waals surface area contributed by atoms with Gasteiger partial charge in [0.15, 0.2) is 0 Å². The second-order valence-electron chi connectivity index (χ2n) is 3.70. The molecular formula is C12H16N2. The maximum atomic E-state index is 5.42. The second-order valence-corrected chi connectivity index (χ2v) is 3.70. The van der Waals surface area contributed by atoms with Gasteiger partial charge in [-0.3, -0.25) is 0 Å². The minimum atomic E-state index is 0.0456. The first-order valence-corrected chi connectivity index (χ1v) is 4.80. The Morgan fingerprint density at radius 1 is 1.43 bits per heavy atom. The smallest absolute Gasteiger partial charge is 0.127 e. The molecule has 1 heterocycles. The van der Waals surface area contributed by atoms with Crippen LogP contribution in [0.2, 0.25) is 0 Å². The Hall–Kier alpha value is -1.49. The van der Waals surface area contributed by atoms with Crippen molar-refractivity contribution in [3.8, 4) is 12.3 Å². The largest absolute Gasteiger partial charge is 0.356 e. The highest BCUT2D eigenvalue weighted by atomic mass is 15.0. The molecular weight excluding hydrogens is 172 g/mol. The topological polar surface area (TPSA) is 24.9 Å². The van der Waals surface area contributed by atoms with Crippen LogP contribution < -0.4 is 5.32 Å². The van der Waals surface area contributed by atoms with Crippen molar-refractivity contribution >= 4 is 5.82 Å². The van der Waals surface area contributed by atoms with Gasteiger partial charge in [0.25, 0.3) is 0 Å². The molecule has 0 spiro atoms. The molecule has 2 heteroatoms. The van der Waals surface area contributed by atoms with Crippen molar-refractivity contribution in [1.29, 1.82) is 0 Å². The molecule has 0 aliphatic rings. The van der Waals surface area contributed by atoms with Crippen LogP contribution in [0, 0.1) is 25.2 Å². The minimum Gasteiger partial charge on any atom is -0.356 e. The van der Waals surface area contributed by atoms with E-state index in [2.05, 4.69) is 30.1 Å². The standard InChI is InChI=1S/C12H16N2/c1-5-11(9(2)3)14-12-8-6-7-10(4)13-12/h1,6-9,11H,2-4H3,(H,13,14). The van der Waals surface area contributed by atoms with Gasteiger partial charge in [0.1, 0.15) is 5.82 Å². The molecule has 14 heavy (non-hydrogen) atoms. The van der Waals surface area contributed by atoms with Crippen LogP contribution in [0.4, 0.5) is 5.82 Å². The average molecular weight is 188 g/mol. The van der Waals surface area contributed by atoms with Crippen molar-refractivity contribution in [3.05, 3.63) is 23.9 Å². The van der Waals surface area contributed by atoms with Crippen molar-refractivity contribution in [3.63, 3.8) is 0 Å². The quantitative estimate of drug-likeness (QED) is 0.737. The van der Waals surface area contributed by atoms with E-state index in [0.717, 1.165) is 11.5 Å². The fourth-order valence-corrected chi connectivity index (χ4v) is 1.18. The van der Waals surface area contributed by atoms with Gasteiger partial charge in [-0.05, 0) is 25.0 Å². The highest BCUT2D eigenvalue weighted by molar-refractivity contribution is 5.38. The van der Waals surface area contributed by atoms with Crippen LogP contribution in [0.5, 0.6) is 0 Å². The van der Waals surface area contributed by atoms with Crippen molar-refractivity contribution < 1.29 is 0 Å². The van der Waals surface area contributed by atoms with E-state index in [1.54, 1.807) is 0 Å². The monoisotopic (exact) mass is 188 g/mol. The molecule has 0 bridgehead atoms. The number of nitrogens with one attached hydrogen (secondary N) is 1. The molecule has 0 fully saturated rings. The lowest BCUT2D eigenvalue weighted by Gasteiger charge is -2.17. The molecule has 2 nitrogen and oxygen atoms in total. The number of anilines is 1. The molecule has 1 aromatic heterocycles. The molecule has 1 atom stereocenters. The first-order valence-electron chi connectivity index (χ1n) is 4.80. The Morgan fingerprint density at radius 2 is 2.14 bits per heavy atom. The molecule has 0 aliphatic heterocycles. The summed E-state index contributed by atoms with van der Waals surface area (Å²) in [6, 6.07) is 5.91. The minimum absolute atomic E-state index is 0.0456. The fraction of sp³-hybridized carbons (Fsp3) is 0.417. The highest BCUT2D eigenvalue weighted by Crippen LogP contribution is 2.10. The molecule has 1 aromatic rings. The predicted molar refractivity (Wildman–Crippen MR) is 60.1 cm³/mol. The van der Waals surface area contributed by atoms with Crippen LogP contribution in [0.15, 0.2) is 18.2 Å². The Morgan fingerprint density at radius 3 is 2.64 bits per heavy atom. The molecule has 74 valence electrons. The Bertz CT molecular complexity index is 336. The van der Waals surface area contributed by atoms with Gasteiger partial charge in [-0.1, -0.05) is 25.8 Å². The summed E-state index contributed by atoms with van der Waals surface area (Å²) in [6.07, 6.45) is 5.42. The number of nitrogens with zero attached hydrogens (tertiary/aromatic N) is 1. The van der Waals surface area contributed by atoms with Crippen molar-refractivity contribution in [2.45, 2.75) is 26.8 Å². The number of aromatic nitrogens is 1. The summed E-state index contributed by atoms with van der Waals surface area (Å²) in [7, 11) is 0. The average Bonchev–Trinajstić information content (AvgIpc) is 2.14. The van der Waals surface area contributed by atoms with E-state index in [4.69, 9.17) is 6.42 Å². The van der Waals surface area contributed by atoms with E-state index in [0.29, 0.717) is 5.92 Å². The van der Waals surface area contributed by atoms with E-state index in [1.165, 1.54) is 0 Å². The number of aryl methyl sites for hydroxylation is 1. The summed E-state index contributed by atoms with van der Waals surface area (Å²) in [5.41, 5.74) is 0.995.